The highest BCUT2D eigenvalue weighted by Gasteiger charge is 2.09. The van der Waals surface area contributed by atoms with Crippen molar-refractivity contribution in [3.05, 3.63) is 29.8 Å². The molecule has 0 heterocycles. The fraction of sp³-hybridized carbons (Fsp3) is 0.333. The van der Waals surface area contributed by atoms with E-state index in [9.17, 15) is 8.78 Å². The van der Waals surface area contributed by atoms with Crippen molar-refractivity contribution in [1.82, 2.24) is 0 Å². The molecule has 0 amide bonds. The summed E-state index contributed by atoms with van der Waals surface area (Å²) in [5.41, 5.74) is 10.6. The first-order valence-electron chi connectivity index (χ1n) is 5.59. The Hall–Kier alpha value is -2.18. The average molecular weight is 269 g/mol. The smallest absolute Gasteiger partial charge is 0.219 e. The van der Waals surface area contributed by atoms with Crippen LogP contribution >= 0.6 is 0 Å². The third-order valence-corrected chi connectivity index (χ3v) is 1.88. The Morgan fingerprint density at radius 2 is 1.84 bits per heavy atom. The molecule has 19 heavy (non-hydrogen) atoms. The number of nitrogens with two attached hydrogens (primary N) is 2. The molecular formula is C12H17F2N5. The maximum atomic E-state index is 13.3. The van der Waals surface area contributed by atoms with E-state index in [0.717, 1.165) is 18.2 Å². The summed E-state index contributed by atoms with van der Waals surface area (Å²) in [6.07, 6.45) is 0. The summed E-state index contributed by atoms with van der Waals surface area (Å²) < 4.78 is 26.3. The second-order valence-corrected chi connectivity index (χ2v) is 4.89. The highest BCUT2D eigenvalue weighted by molar-refractivity contribution is 6.00. The lowest BCUT2D eigenvalue weighted by molar-refractivity contribution is 0.582. The van der Waals surface area contributed by atoms with Crippen molar-refractivity contribution in [2.45, 2.75) is 26.3 Å². The number of halogens is 2. The van der Waals surface area contributed by atoms with E-state index in [2.05, 4.69) is 15.3 Å². The summed E-state index contributed by atoms with van der Waals surface area (Å²) in [5.74, 6) is -1.46. The van der Waals surface area contributed by atoms with Crippen molar-refractivity contribution in [3.63, 3.8) is 0 Å². The van der Waals surface area contributed by atoms with E-state index in [1.165, 1.54) is 0 Å². The van der Waals surface area contributed by atoms with Gasteiger partial charge in [0.2, 0.25) is 11.9 Å². The van der Waals surface area contributed by atoms with Crippen molar-refractivity contribution >= 4 is 17.6 Å². The number of anilines is 1. The van der Waals surface area contributed by atoms with Crippen LogP contribution < -0.4 is 16.8 Å². The zero-order valence-corrected chi connectivity index (χ0v) is 11.0. The Balaban J connectivity index is 2.88. The summed E-state index contributed by atoms with van der Waals surface area (Å²) in [4.78, 5) is 7.80. The number of aliphatic imine (C=N–C) groups is 2. The molecule has 0 aliphatic carbocycles. The van der Waals surface area contributed by atoms with Crippen molar-refractivity contribution in [2.24, 2.45) is 21.5 Å². The van der Waals surface area contributed by atoms with E-state index < -0.39 is 17.2 Å². The highest BCUT2D eigenvalue weighted by Crippen LogP contribution is 2.14. The van der Waals surface area contributed by atoms with Crippen LogP contribution in [0, 0.1) is 11.6 Å². The van der Waals surface area contributed by atoms with Gasteiger partial charge in [-0.3, -0.25) is 0 Å². The van der Waals surface area contributed by atoms with Crippen LogP contribution in [0.4, 0.5) is 14.5 Å². The molecule has 1 aromatic carbocycles. The Labute approximate surface area is 110 Å². The number of hydrogen-bond acceptors (Lipinski definition) is 1. The highest BCUT2D eigenvalue weighted by atomic mass is 19.1. The van der Waals surface area contributed by atoms with E-state index in [-0.39, 0.29) is 17.6 Å². The van der Waals surface area contributed by atoms with E-state index in [1.54, 1.807) is 0 Å². The Kier molecular flexibility index (Phi) is 4.42. The normalized spacial score (nSPS) is 13.5. The molecule has 0 aliphatic rings. The summed E-state index contributed by atoms with van der Waals surface area (Å²) in [6.45, 7) is 5.52. The Bertz CT molecular complexity index is 517. The molecule has 0 saturated heterocycles. The van der Waals surface area contributed by atoms with Crippen LogP contribution in [0.1, 0.15) is 20.8 Å². The van der Waals surface area contributed by atoms with Crippen molar-refractivity contribution in [2.75, 3.05) is 5.32 Å². The van der Waals surface area contributed by atoms with Crippen LogP contribution in [0.3, 0.4) is 0 Å². The maximum absolute atomic E-state index is 13.3. The van der Waals surface area contributed by atoms with Gasteiger partial charge < -0.3 is 16.8 Å². The maximum Gasteiger partial charge on any atom is 0.219 e. The molecule has 0 spiro atoms. The molecule has 0 bridgehead atoms. The molecule has 0 saturated carbocycles. The molecule has 0 aromatic heterocycles. The van der Waals surface area contributed by atoms with Gasteiger partial charge in [0.25, 0.3) is 0 Å². The number of nitrogens with one attached hydrogen (secondary N) is 1. The van der Waals surface area contributed by atoms with E-state index in [0.29, 0.717) is 0 Å². The topological polar surface area (TPSA) is 88.8 Å². The Morgan fingerprint density at radius 3 is 2.42 bits per heavy atom. The van der Waals surface area contributed by atoms with Crippen molar-refractivity contribution < 1.29 is 8.78 Å². The minimum Gasteiger partial charge on any atom is -0.369 e. The lowest BCUT2D eigenvalue weighted by Crippen LogP contribution is -2.28. The number of rotatable bonds is 1. The third-order valence-electron chi connectivity index (χ3n) is 1.88. The first-order chi connectivity index (χ1) is 8.67. The summed E-state index contributed by atoms with van der Waals surface area (Å²) in [5, 5.41) is 2.42. The van der Waals surface area contributed by atoms with Crippen molar-refractivity contribution in [3.8, 4) is 0 Å². The molecule has 0 unspecified atom stereocenters. The first-order valence-corrected chi connectivity index (χ1v) is 5.59. The lowest BCUT2D eigenvalue weighted by Gasteiger charge is -2.12. The van der Waals surface area contributed by atoms with Crippen LogP contribution in [0.25, 0.3) is 0 Å². The number of guanidine groups is 2. The van der Waals surface area contributed by atoms with Crippen LogP contribution in [0.15, 0.2) is 28.2 Å². The molecule has 1 rings (SSSR count). The minimum atomic E-state index is -0.647. The summed E-state index contributed by atoms with van der Waals surface area (Å²) in [6, 6.07) is 2.95. The molecule has 0 aliphatic heterocycles. The molecule has 0 fully saturated rings. The lowest BCUT2D eigenvalue weighted by atomic mass is 10.1. The van der Waals surface area contributed by atoms with Gasteiger partial charge in [0.05, 0.1) is 11.2 Å². The van der Waals surface area contributed by atoms with Gasteiger partial charge in [0.15, 0.2) is 0 Å². The largest absolute Gasteiger partial charge is 0.369 e. The molecule has 5 N–H and O–H groups in total. The minimum absolute atomic E-state index is 0.0469. The number of benzene rings is 1. The van der Waals surface area contributed by atoms with Gasteiger partial charge in [-0.05, 0) is 32.9 Å². The zero-order chi connectivity index (χ0) is 14.6. The van der Waals surface area contributed by atoms with E-state index >= 15 is 0 Å². The fourth-order valence-corrected chi connectivity index (χ4v) is 1.25. The van der Waals surface area contributed by atoms with Crippen LogP contribution in [-0.2, 0) is 0 Å². The molecule has 7 heteroatoms. The Morgan fingerprint density at radius 1 is 1.21 bits per heavy atom. The fourth-order valence-electron chi connectivity index (χ4n) is 1.25. The third kappa shape index (κ3) is 5.33. The van der Waals surface area contributed by atoms with Crippen LogP contribution in [0.5, 0.6) is 0 Å². The number of nitrogens with zero attached hydrogens (tertiary/aromatic N) is 2. The van der Waals surface area contributed by atoms with Gasteiger partial charge in [0.1, 0.15) is 11.6 Å². The number of hydrogen-bond donors (Lipinski definition) is 3. The molecule has 0 radical (unpaired) electrons. The van der Waals surface area contributed by atoms with E-state index in [1.807, 2.05) is 20.8 Å². The monoisotopic (exact) mass is 269 g/mol. The van der Waals surface area contributed by atoms with Gasteiger partial charge in [0, 0.05) is 6.07 Å². The van der Waals surface area contributed by atoms with E-state index in [4.69, 9.17) is 11.5 Å². The van der Waals surface area contributed by atoms with Crippen LogP contribution in [-0.4, -0.2) is 17.5 Å². The van der Waals surface area contributed by atoms with Crippen molar-refractivity contribution in [1.29, 1.82) is 0 Å². The zero-order valence-electron chi connectivity index (χ0n) is 11.0. The van der Waals surface area contributed by atoms with Gasteiger partial charge in [-0.2, -0.15) is 4.99 Å². The molecule has 104 valence electrons. The second-order valence-electron chi connectivity index (χ2n) is 4.89. The molecule has 5 nitrogen and oxygen atoms in total. The van der Waals surface area contributed by atoms with Gasteiger partial charge in [-0.25, -0.2) is 13.8 Å². The molecule has 0 atom stereocenters. The average Bonchev–Trinajstić information content (AvgIpc) is 2.20. The predicted octanol–water partition coefficient (Wildman–Crippen LogP) is 1.80. The standard InChI is InChI=1S/C12H17F2N5/c1-12(2,3)19-11(16)18-10(15)17-9-6-7(13)4-5-8(9)14/h4-6H,1-3H3,(H5,15,16,17,18,19). The van der Waals surface area contributed by atoms with Gasteiger partial charge in [-0.1, -0.05) is 0 Å². The predicted molar refractivity (Wildman–Crippen MR) is 73.0 cm³/mol. The summed E-state index contributed by atoms with van der Waals surface area (Å²) in [7, 11) is 0. The quantitative estimate of drug-likeness (QED) is 0.536. The summed E-state index contributed by atoms with van der Waals surface area (Å²) >= 11 is 0. The molecular weight excluding hydrogens is 252 g/mol. The van der Waals surface area contributed by atoms with Crippen LogP contribution in [0.2, 0.25) is 0 Å². The SMILES string of the molecule is CC(C)(C)N=C(N)N=C(N)Nc1cc(F)ccc1F. The molecule has 1 aromatic rings. The second kappa shape index (κ2) is 5.64. The van der Waals surface area contributed by atoms with Gasteiger partial charge >= 0.3 is 0 Å². The van der Waals surface area contributed by atoms with Gasteiger partial charge in [-0.15, -0.1) is 0 Å². The first kappa shape index (κ1) is 14.9.